The Bertz CT molecular complexity index is 842. The minimum Gasteiger partial charge on any atom is -0.409 e. The number of amidine groups is 1. The molecule has 2 aliphatic carbocycles. The lowest BCUT2D eigenvalue weighted by Gasteiger charge is -2.37. The van der Waals surface area contributed by atoms with E-state index in [0.717, 1.165) is 25.7 Å². The first-order valence-electron chi connectivity index (χ1n) is 9.69. The lowest BCUT2D eigenvalue weighted by Crippen LogP contribution is -2.53. The molecule has 28 heavy (non-hydrogen) atoms. The van der Waals surface area contributed by atoms with Crippen molar-refractivity contribution in [3.05, 3.63) is 26.6 Å². The van der Waals surface area contributed by atoms with E-state index in [2.05, 4.69) is 20.5 Å². The fraction of sp³-hybridized carbons (Fsp3) is 0.667. The van der Waals surface area contributed by atoms with E-state index in [1.165, 1.54) is 10.9 Å². The number of hydrogen-bond acceptors (Lipinski definition) is 6. The number of aromatic nitrogens is 2. The Balaban J connectivity index is 1.42. The Labute approximate surface area is 172 Å². The van der Waals surface area contributed by atoms with Gasteiger partial charge in [0, 0.05) is 19.0 Å². The lowest BCUT2D eigenvalue weighted by molar-refractivity contribution is -0.126. The highest BCUT2D eigenvalue weighted by Gasteiger charge is 2.42. The van der Waals surface area contributed by atoms with Gasteiger partial charge in [0.05, 0.1) is 23.3 Å². The van der Waals surface area contributed by atoms with Gasteiger partial charge in [0.1, 0.15) is 5.02 Å². The van der Waals surface area contributed by atoms with Crippen molar-refractivity contribution in [1.82, 2.24) is 20.0 Å². The zero-order valence-electron chi connectivity index (χ0n) is 15.4. The molecule has 2 N–H and O–H groups in total. The average Bonchev–Trinajstić information content (AvgIpc) is 3.59. The quantitative estimate of drug-likeness (QED) is 0.325. The number of piperidine rings is 1. The van der Waals surface area contributed by atoms with Crippen LogP contribution in [0.5, 0.6) is 0 Å². The van der Waals surface area contributed by atoms with Crippen LogP contribution in [0.2, 0.25) is 10.0 Å². The molecular weight excluding hydrogens is 405 g/mol. The molecule has 10 heteroatoms. The molecule has 1 amide bonds. The summed E-state index contributed by atoms with van der Waals surface area (Å²) in [4.78, 5) is 27.4. The van der Waals surface area contributed by atoms with E-state index in [1.807, 2.05) is 0 Å². The van der Waals surface area contributed by atoms with E-state index < -0.39 is 0 Å². The molecule has 0 radical (unpaired) electrons. The summed E-state index contributed by atoms with van der Waals surface area (Å²) >= 11 is 11.8. The molecule has 0 spiro atoms. The van der Waals surface area contributed by atoms with E-state index in [0.29, 0.717) is 37.7 Å². The van der Waals surface area contributed by atoms with E-state index in [1.54, 1.807) is 0 Å². The Morgan fingerprint density at radius 2 is 1.89 bits per heavy atom. The minimum absolute atomic E-state index is 0.00905. The third-order valence-electron chi connectivity index (χ3n) is 5.80. The van der Waals surface area contributed by atoms with Crippen LogP contribution >= 0.6 is 23.2 Å². The van der Waals surface area contributed by atoms with Gasteiger partial charge in [0.2, 0.25) is 5.91 Å². The number of amides is 1. The van der Waals surface area contributed by atoms with Crippen molar-refractivity contribution in [2.75, 3.05) is 13.1 Å². The number of nitrogens with one attached hydrogen (secondary N) is 1. The number of hydrogen-bond donors (Lipinski definition) is 2. The first kappa shape index (κ1) is 19.7. The first-order chi connectivity index (χ1) is 13.5. The second kappa shape index (κ2) is 8.00. The topological polar surface area (TPSA) is 99.8 Å². The molecule has 3 fully saturated rings. The van der Waals surface area contributed by atoms with Gasteiger partial charge in [-0.05, 0) is 44.4 Å². The molecule has 2 saturated carbocycles. The van der Waals surface area contributed by atoms with Crippen molar-refractivity contribution in [3.63, 3.8) is 0 Å². The molecular formula is C18H23Cl2N5O3. The normalized spacial score (nSPS) is 22.9. The van der Waals surface area contributed by atoms with Gasteiger partial charge in [-0.25, -0.2) is 4.68 Å². The van der Waals surface area contributed by atoms with Crippen molar-refractivity contribution < 1.29 is 10.0 Å². The second-order valence-corrected chi connectivity index (χ2v) is 8.64. The van der Waals surface area contributed by atoms with E-state index in [-0.39, 0.29) is 39.5 Å². The molecule has 0 aromatic carbocycles. The largest absolute Gasteiger partial charge is 0.409 e. The van der Waals surface area contributed by atoms with Crippen LogP contribution < -0.4 is 10.9 Å². The zero-order chi connectivity index (χ0) is 19.8. The molecule has 1 aromatic rings. The van der Waals surface area contributed by atoms with Crippen LogP contribution in [0.1, 0.15) is 44.6 Å². The number of rotatable bonds is 5. The van der Waals surface area contributed by atoms with Crippen molar-refractivity contribution in [3.8, 4) is 0 Å². The Kier molecular flexibility index (Phi) is 5.62. The summed E-state index contributed by atoms with van der Waals surface area (Å²) in [5, 5.41) is 19.5. The minimum atomic E-state index is -0.377. The predicted molar refractivity (Wildman–Crippen MR) is 105 cm³/mol. The fourth-order valence-electron chi connectivity index (χ4n) is 3.95. The van der Waals surface area contributed by atoms with Gasteiger partial charge < -0.3 is 10.5 Å². The Morgan fingerprint density at radius 3 is 2.46 bits per heavy atom. The van der Waals surface area contributed by atoms with Gasteiger partial charge in [-0.3, -0.25) is 14.5 Å². The van der Waals surface area contributed by atoms with Crippen LogP contribution in [0.25, 0.3) is 0 Å². The average molecular weight is 428 g/mol. The highest BCUT2D eigenvalue weighted by molar-refractivity contribution is 6.41. The van der Waals surface area contributed by atoms with Crippen molar-refractivity contribution in [2.45, 2.75) is 50.6 Å². The third-order valence-corrected chi connectivity index (χ3v) is 6.55. The van der Waals surface area contributed by atoms with Crippen molar-refractivity contribution in [1.29, 1.82) is 0 Å². The van der Waals surface area contributed by atoms with Gasteiger partial charge in [-0.1, -0.05) is 28.4 Å². The summed E-state index contributed by atoms with van der Waals surface area (Å²) in [6, 6.07) is -0.294. The maximum absolute atomic E-state index is 12.9. The number of likely N-dealkylation sites (tertiary alicyclic amines) is 1. The smallest absolute Gasteiger partial charge is 0.287 e. The molecule has 0 bridgehead atoms. The van der Waals surface area contributed by atoms with Crippen molar-refractivity contribution >= 4 is 34.9 Å². The first-order valence-corrected chi connectivity index (χ1v) is 10.4. The highest BCUT2D eigenvalue weighted by Crippen LogP contribution is 2.38. The molecule has 1 atom stereocenters. The molecule has 1 unspecified atom stereocenters. The molecule has 4 rings (SSSR count). The summed E-state index contributed by atoms with van der Waals surface area (Å²) < 4.78 is 1.40. The molecule has 8 nitrogen and oxygen atoms in total. The monoisotopic (exact) mass is 427 g/mol. The SMILES string of the molecule is O=C(N/C(=N/O)C1CC1)C(C1CC1)N1CCC(n2ncc(Cl)c(Cl)c2=O)CC1. The number of nitrogens with zero attached hydrogens (tertiary/aromatic N) is 4. The number of carbonyl (C=O) groups excluding carboxylic acids is 1. The summed E-state index contributed by atoms with van der Waals surface area (Å²) in [5.41, 5.74) is -0.377. The molecule has 152 valence electrons. The van der Waals surface area contributed by atoms with Crippen LogP contribution in [0.4, 0.5) is 0 Å². The maximum atomic E-state index is 12.9. The molecule has 1 saturated heterocycles. The van der Waals surface area contributed by atoms with Crippen LogP contribution in [0.3, 0.4) is 0 Å². The number of oxime groups is 1. The van der Waals surface area contributed by atoms with Crippen LogP contribution in [-0.2, 0) is 4.79 Å². The fourth-order valence-corrected chi connectivity index (χ4v) is 4.21. The summed E-state index contributed by atoms with van der Waals surface area (Å²) in [5.74, 6) is 0.802. The van der Waals surface area contributed by atoms with Gasteiger partial charge in [-0.15, -0.1) is 0 Å². The standard InChI is InChI=1S/C18H23Cl2N5O3/c19-13-9-21-25(18(27)14(13)20)12-5-7-24(8-6-12)15(10-1-2-10)17(26)22-16(23-28)11-3-4-11/h9-12,15,28H,1-8H2,(H,22,23,26). The number of halogens is 2. The summed E-state index contributed by atoms with van der Waals surface area (Å²) in [6.45, 7) is 1.37. The van der Waals surface area contributed by atoms with Gasteiger partial charge >= 0.3 is 0 Å². The van der Waals surface area contributed by atoms with E-state index in [4.69, 9.17) is 28.4 Å². The van der Waals surface area contributed by atoms with E-state index >= 15 is 0 Å². The highest BCUT2D eigenvalue weighted by atomic mass is 35.5. The van der Waals surface area contributed by atoms with Gasteiger partial charge in [0.25, 0.3) is 5.56 Å². The molecule has 3 aliphatic rings. The second-order valence-electron chi connectivity index (χ2n) is 7.85. The number of carbonyl (C=O) groups is 1. The van der Waals surface area contributed by atoms with Crippen molar-refractivity contribution in [2.24, 2.45) is 17.0 Å². The third kappa shape index (κ3) is 4.04. The Morgan fingerprint density at radius 1 is 1.21 bits per heavy atom. The Hall–Kier alpha value is -1.64. The zero-order valence-corrected chi connectivity index (χ0v) is 16.9. The molecule has 1 aromatic heterocycles. The molecule has 2 heterocycles. The van der Waals surface area contributed by atoms with Gasteiger partial charge in [-0.2, -0.15) is 5.10 Å². The summed E-state index contributed by atoms with van der Waals surface area (Å²) in [7, 11) is 0. The van der Waals surface area contributed by atoms with Crippen LogP contribution in [0, 0.1) is 11.8 Å². The van der Waals surface area contributed by atoms with Crippen LogP contribution in [0.15, 0.2) is 16.1 Å². The van der Waals surface area contributed by atoms with Crippen LogP contribution in [-0.4, -0.2) is 50.8 Å². The van der Waals surface area contributed by atoms with Gasteiger partial charge in [0.15, 0.2) is 5.84 Å². The predicted octanol–water partition coefficient (Wildman–Crippen LogP) is 2.28. The summed E-state index contributed by atoms with van der Waals surface area (Å²) in [6.07, 6.45) is 6.75. The maximum Gasteiger partial charge on any atom is 0.287 e. The lowest BCUT2D eigenvalue weighted by atomic mass is 10.0. The van der Waals surface area contributed by atoms with E-state index in [9.17, 15) is 9.59 Å². The molecule has 1 aliphatic heterocycles.